The summed E-state index contributed by atoms with van der Waals surface area (Å²) in [6.45, 7) is 6.31. The average molecular weight is 261 g/mol. The van der Waals surface area contributed by atoms with E-state index < -0.39 is 6.10 Å². The summed E-state index contributed by atoms with van der Waals surface area (Å²) in [5, 5.41) is 9.22. The van der Waals surface area contributed by atoms with Crippen LogP contribution in [0, 0.1) is 0 Å². The Morgan fingerprint density at radius 3 is 2.32 bits per heavy atom. The van der Waals surface area contributed by atoms with Crippen molar-refractivity contribution < 1.29 is 9.90 Å². The minimum atomic E-state index is -0.507. The number of carbonyl (C=O) groups is 1. The van der Waals surface area contributed by atoms with Crippen molar-refractivity contribution in [3.8, 4) is 0 Å². The highest BCUT2D eigenvalue weighted by Crippen LogP contribution is 2.15. The summed E-state index contributed by atoms with van der Waals surface area (Å²) in [6, 6.07) is 8.17. The van der Waals surface area contributed by atoms with E-state index in [2.05, 4.69) is 26.0 Å². The molecule has 1 rings (SSSR count). The maximum atomic E-state index is 11.8. The molecule has 0 saturated carbocycles. The lowest BCUT2D eigenvalue weighted by atomic mass is 10.0. The molecule has 0 radical (unpaired) electrons. The quantitative estimate of drug-likeness (QED) is 0.828. The number of hydrogen-bond acceptors (Lipinski definition) is 2. The number of aliphatic hydroxyl groups is 1. The van der Waals surface area contributed by atoms with Crippen LogP contribution < -0.4 is 0 Å². The maximum absolute atomic E-state index is 11.8. The molecular formula is C16H23NO2. The van der Waals surface area contributed by atoms with Gasteiger partial charge in [-0.2, -0.15) is 0 Å². The van der Waals surface area contributed by atoms with E-state index in [9.17, 15) is 9.90 Å². The van der Waals surface area contributed by atoms with Crippen LogP contribution in [0.5, 0.6) is 0 Å². The highest BCUT2D eigenvalue weighted by atomic mass is 16.3. The number of hydrogen-bond donors (Lipinski definition) is 1. The van der Waals surface area contributed by atoms with Crippen LogP contribution in [0.25, 0.3) is 6.08 Å². The third-order valence-corrected chi connectivity index (χ3v) is 2.94. The van der Waals surface area contributed by atoms with Crippen molar-refractivity contribution in [3.63, 3.8) is 0 Å². The molecule has 0 aliphatic heterocycles. The van der Waals surface area contributed by atoms with Crippen LogP contribution in [0.2, 0.25) is 0 Å². The lowest BCUT2D eigenvalue weighted by molar-refractivity contribution is -0.125. The molecule has 0 aromatic heterocycles. The first kappa shape index (κ1) is 15.4. The van der Waals surface area contributed by atoms with Gasteiger partial charge in [-0.15, -0.1) is 0 Å². The third kappa shape index (κ3) is 5.26. The summed E-state index contributed by atoms with van der Waals surface area (Å²) in [6.07, 6.45) is 2.82. The summed E-state index contributed by atoms with van der Waals surface area (Å²) in [5.41, 5.74) is 2.29. The van der Waals surface area contributed by atoms with Crippen LogP contribution in [0.4, 0.5) is 0 Å². The molecule has 0 aliphatic carbocycles. The number of rotatable bonds is 5. The van der Waals surface area contributed by atoms with E-state index in [0.717, 1.165) is 5.56 Å². The van der Waals surface area contributed by atoms with Gasteiger partial charge in [0.25, 0.3) is 0 Å². The largest absolute Gasteiger partial charge is 0.392 e. The Balaban J connectivity index is 2.63. The predicted octanol–water partition coefficient (Wildman–Crippen LogP) is 2.66. The topological polar surface area (TPSA) is 40.5 Å². The predicted molar refractivity (Wildman–Crippen MR) is 78.9 cm³/mol. The molecule has 0 aliphatic rings. The minimum Gasteiger partial charge on any atom is -0.392 e. The van der Waals surface area contributed by atoms with E-state index in [0.29, 0.717) is 12.5 Å². The van der Waals surface area contributed by atoms with Crippen molar-refractivity contribution in [2.75, 3.05) is 13.6 Å². The zero-order valence-electron chi connectivity index (χ0n) is 12.1. The summed E-state index contributed by atoms with van der Waals surface area (Å²) in [7, 11) is 1.68. The lowest BCUT2D eigenvalue weighted by Gasteiger charge is -2.16. The molecule has 1 amide bonds. The smallest absolute Gasteiger partial charge is 0.246 e. The van der Waals surface area contributed by atoms with E-state index in [1.54, 1.807) is 20.0 Å². The first-order chi connectivity index (χ1) is 8.90. The van der Waals surface area contributed by atoms with E-state index in [-0.39, 0.29) is 5.91 Å². The van der Waals surface area contributed by atoms with Gasteiger partial charge in [0.05, 0.1) is 6.10 Å². The van der Waals surface area contributed by atoms with Gasteiger partial charge in [-0.25, -0.2) is 0 Å². The van der Waals surface area contributed by atoms with Crippen molar-refractivity contribution in [3.05, 3.63) is 41.5 Å². The molecule has 19 heavy (non-hydrogen) atoms. The highest BCUT2D eigenvalue weighted by Gasteiger charge is 2.07. The SMILES string of the molecule is CC(O)CN(C)C(=O)C=Cc1ccc(C(C)C)cc1. The Kier molecular flexibility index (Phi) is 5.77. The zero-order chi connectivity index (χ0) is 14.4. The number of likely N-dealkylation sites (N-methyl/N-ethyl adjacent to an activating group) is 1. The van der Waals surface area contributed by atoms with Gasteiger partial charge >= 0.3 is 0 Å². The standard InChI is InChI=1S/C16H23NO2/c1-12(2)15-8-5-14(6-9-15)7-10-16(19)17(4)11-13(3)18/h5-10,12-13,18H,11H2,1-4H3. The molecule has 104 valence electrons. The molecule has 1 atom stereocenters. The zero-order valence-corrected chi connectivity index (χ0v) is 12.1. The van der Waals surface area contributed by atoms with Crippen molar-refractivity contribution >= 4 is 12.0 Å². The molecule has 0 heterocycles. The Bertz CT molecular complexity index is 433. The van der Waals surface area contributed by atoms with Gasteiger partial charge in [0.1, 0.15) is 0 Å². The molecule has 3 heteroatoms. The van der Waals surface area contributed by atoms with Gasteiger partial charge in [0, 0.05) is 19.7 Å². The van der Waals surface area contributed by atoms with Crippen molar-refractivity contribution in [2.24, 2.45) is 0 Å². The number of aliphatic hydroxyl groups excluding tert-OH is 1. The molecule has 1 aromatic carbocycles. The monoisotopic (exact) mass is 261 g/mol. The van der Waals surface area contributed by atoms with E-state index in [1.807, 2.05) is 12.1 Å². The Morgan fingerprint density at radius 2 is 1.84 bits per heavy atom. The fourth-order valence-corrected chi connectivity index (χ4v) is 1.77. The second-order valence-electron chi connectivity index (χ2n) is 5.22. The number of nitrogens with zero attached hydrogens (tertiary/aromatic N) is 1. The second-order valence-corrected chi connectivity index (χ2v) is 5.22. The van der Waals surface area contributed by atoms with Crippen LogP contribution in [0.15, 0.2) is 30.3 Å². The minimum absolute atomic E-state index is 0.103. The summed E-state index contributed by atoms with van der Waals surface area (Å²) in [4.78, 5) is 13.3. The first-order valence-electron chi connectivity index (χ1n) is 6.61. The maximum Gasteiger partial charge on any atom is 0.246 e. The highest BCUT2D eigenvalue weighted by molar-refractivity contribution is 5.91. The first-order valence-corrected chi connectivity index (χ1v) is 6.61. The molecule has 0 bridgehead atoms. The number of carbonyl (C=O) groups excluding carboxylic acids is 1. The Morgan fingerprint density at radius 1 is 1.26 bits per heavy atom. The summed E-state index contributed by atoms with van der Waals surface area (Å²) in [5.74, 6) is 0.408. The van der Waals surface area contributed by atoms with Gasteiger partial charge in [0.15, 0.2) is 0 Å². The molecule has 3 nitrogen and oxygen atoms in total. The van der Waals surface area contributed by atoms with Crippen LogP contribution in [-0.2, 0) is 4.79 Å². The number of amides is 1. The molecular weight excluding hydrogens is 238 g/mol. The fourth-order valence-electron chi connectivity index (χ4n) is 1.77. The average Bonchev–Trinajstić information content (AvgIpc) is 2.35. The molecule has 0 fully saturated rings. The van der Waals surface area contributed by atoms with E-state index >= 15 is 0 Å². The molecule has 0 saturated heterocycles. The molecule has 1 unspecified atom stereocenters. The van der Waals surface area contributed by atoms with Gasteiger partial charge in [-0.05, 0) is 30.0 Å². The van der Waals surface area contributed by atoms with Gasteiger partial charge in [-0.3, -0.25) is 4.79 Å². The molecule has 0 spiro atoms. The van der Waals surface area contributed by atoms with Crippen LogP contribution >= 0.6 is 0 Å². The Hall–Kier alpha value is -1.61. The van der Waals surface area contributed by atoms with Gasteiger partial charge in [-0.1, -0.05) is 38.1 Å². The van der Waals surface area contributed by atoms with Gasteiger partial charge in [0.2, 0.25) is 5.91 Å². The molecule has 1 aromatic rings. The summed E-state index contributed by atoms with van der Waals surface area (Å²) < 4.78 is 0. The van der Waals surface area contributed by atoms with Crippen LogP contribution in [0.3, 0.4) is 0 Å². The van der Waals surface area contributed by atoms with Crippen molar-refractivity contribution in [1.29, 1.82) is 0 Å². The fraction of sp³-hybridized carbons (Fsp3) is 0.438. The summed E-state index contributed by atoms with van der Waals surface area (Å²) >= 11 is 0. The lowest BCUT2D eigenvalue weighted by Crippen LogP contribution is -2.31. The second kappa shape index (κ2) is 7.10. The molecule has 1 N–H and O–H groups in total. The van der Waals surface area contributed by atoms with Crippen LogP contribution in [0.1, 0.15) is 37.8 Å². The third-order valence-electron chi connectivity index (χ3n) is 2.94. The Labute approximate surface area is 115 Å². The van der Waals surface area contributed by atoms with Crippen molar-refractivity contribution in [2.45, 2.75) is 32.8 Å². The normalized spacial score (nSPS) is 12.9. The number of benzene rings is 1. The van der Waals surface area contributed by atoms with E-state index in [1.165, 1.54) is 16.5 Å². The van der Waals surface area contributed by atoms with E-state index in [4.69, 9.17) is 0 Å². The van der Waals surface area contributed by atoms with Crippen molar-refractivity contribution in [1.82, 2.24) is 4.90 Å². The van der Waals surface area contributed by atoms with Gasteiger partial charge < -0.3 is 10.0 Å². The van der Waals surface area contributed by atoms with Crippen LogP contribution in [-0.4, -0.2) is 35.6 Å².